The summed E-state index contributed by atoms with van der Waals surface area (Å²) in [7, 11) is 12.9. The van der Waals surface area contributed by atoms with Crippen molar-refractivity contribution >= 4 is 22.2 Å². The zero-order valence-corrected chi connectivity index (χ0v) is 44.9. The summed E-state index contributed by atoms with van der Waals surface area (Å²) in [4.78, 5) is 34.6. The Morgan fingerprint density at radius 1 is 0.479 bits per heavy atom. The van der Waals surface area contributed by atoms with E-state index < -0.39 is 10.4 Å². The van der Waals surface area contributed by atoms with Gasteiger partial charge in [-0.05, 0) is 159 Å². The third-order valence-electron chi connectivity index (χ3n) is 14.2. The number of amides is 2. The Hall–Kier alpha value is -5.99. The molecule has 2 aliphatic carbocycles. The van der Waals surface area contributed by atoms with E-state index in [4.69, 9.17) is 55.4 Å². The van der Waals surface area contributed by atoms with Crippen LogP contribution in [-0.2, 0) is 58.5 Å². The Morgan fingerprint density at radius 3 is 1.05 bits per heavy atom. The maximum absolute atomic E-state index is 12.9. The van der Waals surface area contributed by atoms with Gasteiger partial charge in [0.2, 0.25) is 11.8 Å². The van der Waals surface area contributed by atoms with Crippen molar-refractivity contribution in [2.45, 2.75) is 63.2 Å². The maximum atomic E-state index is 12.9. The molecule has 4 aliphatic rings. The fourth-order valence-corrected chi connectivity index (χ4v) is 10.3. The highest BCUT2D eigenvalue weighted by Crippen LogP contribution is 2.44. The number of fused-ring (bicyclic) bond motifs is 4. The minimum Gasteiger partial charge on any atom is -0.493 e. The summed E-state index contributed by atoms with van der Waals surface area (Å²) in [6.45, 7) is 6.94. The van der Waals surface area contributed by atoms with Gasteiger partial charge in [0, 0.05) is 51.1 Å². The zero-order chi connectivity index (χ0) is 53.0. The van der Waals surface area contributed by atoms with E-state index in [1.807, 2.05) is 34.1 Å². The third kappa shape index (κ3) is 14.6. The molecule has 400 valence electrons. The first-order valence-electron chi connectivity index (χ1n) is 24.5. The quantitative estimate of drug-likeness (QED) is 0.0983. The number of hydrogen-bond acceptors (Lipinski definition) is 14. The van der Waals surface area contributed by atoms with E-state index in [1.54, 1.807) is 56.9 Å². The van der Waals surface area contributed by atoms with E-state index in [0.29, 0.717) is 36.2 Å². The average Bonchev–Trinajstić information content (AvgIpc) is 3.61. The van der Waals surface area contributed by atoms with Crippen molar-refractivity contribution < 1.29 is 65.0 Å². The minimum atomic E-state index is -4.67. The van der Waals surface area contributed by atoms with E-state index in [9.17, 15) is 9.59 Å². The van der Waals surface area contributed by atoms with Gasteiger partial charge >= 0.3 is 10.4 Å². The fraction of sp³-hybridized carbons (Fsp3) is 0.519. The Balaban J connectivity index is 0.000000218. The molecule has 2 amide bonds. The predicted octanol–water partition coefficient (Wildman–Crippen LogP) is 5.97. The smallest absolute Gasteiger partial charge is 0.394 e. The molecule has 2 atom stereocenters. The Kier molecular flexibility index (Phi) is 19.9. The van der Waals surface area contributed by atoms with E-state index in [2.05, 4.69) is 48.2 Å². The molecule has 0 unspecified atom stereocenters. The van der Waals surface area contributed by atoms with Crippen LogP contribution in [0.2, 0.25) is 0 Å². The number of rotatable bonds is 20. The normalized spacial score (nSPS) is 16.6. The number of methoxy groups -OCH3 is 8. The number of likely N-dealkylation sites (N-methyl/N-ethyl adjacent to an activating group) is 2. The summed E-state index contributed by atoms with van der Waals surface area (Å²) in [6, 6.07) is 16.4. The van der Waals surface area contributed by atoms with Crippen LogP contribution in [0.1, 0.15) is 69.2 Å². The second-order valence-corrected chi connectivity index (χ2v) is 19.8. The summed E-state index contributed by atoms with van der Waals surface area (Å²) in [6.07, 6.45) is 6.54. The number of benzene rings is 4. The van der Waals surface area contributed by atoms with Crippen molar-refractivity contribution in [3.05, 3.63) is 93.0 Å². The largest absolute Gasteiger partial charge is 0.493 e. The molecule has 2 heterocycles. The molecule has 2 aliphatic heterocycles. The molecule has 4 aromatic carbocycles. The molecular formula is C54H74N4O14S. The lowest BCUT2D eigenvalue weighted by atomic mass is 9.77. The van der Waals surface area contributed by atoms with E-state index in [0.717, 1.165) is 137 Å². The van der Waals surface area contributed by atoms with Gasteiger partial charge in [0.15, 0.2) is 46.0 Å². The number of ether oxygens (including phenoxy) is 8. The van der Waals surface area contributed by atoms with Crippen molar-refractivity contribution in [3.63, 3.8) is 0 Å². The maximum Gasteiger partial charge on any atom is 0.394 e. The van der Waals surface area contributed by atoms with Gasteiger partial charge in [0.1, 0.15) is 0 Å². The lowest BCUT2D eigenvalue weighted by molar-refractivity contribution is -0.131. The Bertz CT molecular complexity index is 2490. The number of carbonyl (C=O) groups excluding carboxylic acids is 2. The summed E-state index contributed by atoms with van der Waals surface area (Å²) < 4.78 is 75.1. The molecular weight excluding hydrogens is 961 g/mol. The van der Waals surface area contributed by atoms with Gasteiger partial charge in [0.25, 0.3) is 0 Å². The van der Waals surface area contributed by atoms with Crippen LogP contribution in [0.4, 0.5) is 0 Å². The SMILES string of the molecule is COc1cc2c(cc1OC)CC(=O)N(CCCN(C)C[C@H]1Cc3cc(OC)c(OC)cc31)CC2.COc1cc2c(cc1OC)CC(=O)N(CCCN(C)C[C@H]1Cc3cc(OC)c(OC)cc31)CC2.O=S(=O)(O)O. The van der Waals surface area contributed by atoms with E-state index in [-0.39, 0.29) is 11.8 Å². The molecule has 0 bridgehead atoms. The number of hydrogen-bond donors (Lipinski definition) is 2. The van der Waals surface area contributed by atoms with Crippen LogP contribution in [0, 0.1) is 0 Å². The van der Waals surface area contributed by atoms with Crippen LogP contribution in [-0.4, -0.2) is 172 Å². The van der Waals surface area contributed by atoms with Crippen LogP contribution in [0.15, 0.2) is 48.5 Å². The van der Waals surface area contributed by atoms with Gasteiger partial charge in [-0.25, -0.2) is 0 Å². The van der Waals surface area contributed by atoms with Gasteiger partial charge < -0.3 is 57.5 Å². The number of carbonyl (C=O) groups is 2. The third-order valence-corrected chi connectivity index (χ3v) is 14.2. The van der Waals surface area contributed by atoms with Crippen molar-refractivity contribution in [3.8, 4) is 46.0 Å². The Morgan fingerprint density at radius 2 is 0.753 bits per heavy atom. The lowest BCUT2D eigenvalue weighted by Gasteiger charge is -2.34. The standard InChI is InChI=1S/2C27H36N2O5.H2O4S/c2*1-28(17-21-11-20-14-25(33-4)26(34-5)16-22(20)21)8-6-9-29-10-7-18-12-23(31-2)24(32-3)13-19(18)15-27(29)30;1-5(2,3)4/h2*12-14,16,21H,6-11,15,17H2,1-5H3;(H2,1,2,3,4)/t2*21-;/m11./s1. The molecule has 19 heteroatoms. The van der Waals surface area contributed by atoms with Gasteiger partial charge in [-0.3, -0.25) is 18.7 Å². The molecule has 0 aromatic heterocycles. The van der Waals surface area contributed by atoms with E-state index in [1.165, 1.54) is 33.4 Å². The molecule has 0 spiro atoms. The van der Waals surface area contributed by atoms with Crippen molar-refractivity contribution in [2.75, 3.05) is 123 Å². The van der Waals surface area contributed by atoms with Gasteiger partial charge in [-0.1, -0.05) is 0 Å². The van der Waals surface area contributed by atoms with Crippen LogP contribution >= 0.6 is 0 Å². The summed E-state index contributed by atoms with van der Waals surface area (Å²) in [5.74, 6) is 7.38. The minimum absolute atomic E-state index is 0.183. The lowest BCUT2D eigenvalue weighted by Crippen LogP contribution is -2.36. The highest BCUT2D eigenvalue weighted by atomic mass is 32.3. The molecule has 0 fully saturated rings. The number of nitrogens with zero attached hydrogens (tertiary/aromatic N) is 4. The first kappa shape index (κ1) is 56.3. The van der Waals surface area contributed by atoms with E-state index >= 15 is 0 Å². The predicted molar refractivity (Wildman–Crippen MR) is 277 cm³/mol. The zero-order valence-electron chi connectivity index (χ0n) is 44.1. The fourth-order valence-electron chi connectivity index (χ4n) is 10.3. The molecule has 4 aromatic rings. The van der Waals surface area contributed by atoms with Crippen molar-refractivity contribution in [2.24, 2.45) is 0 Å². The summed E-state index contributed by atoms with van der Waals surface area (Å²) in [5, 5.41) is 0. The first-order valence-corrected chi connectivity index (χ1v) is 25.9. The van der Waals surface area contributed by atoms with Crippen LogP contribution in [0.5, 0.6) is 46.0 Å². The van der Waals surface area contributed by atoms with Gasteiger partial charge in [-0.15, -0.1) is 0 Å². The van der Waals surface area contributed by atoms with Crippen LogP contribution in [0.3, 0.4) is 0 Å². The first-order chi connectivity index (χ1) is 34.9. The average molecular weight is 1040 g/mol. The molecule has 0 saturated carbocycles. The molecule has 0 radical (unpaired) electrons. The Labute approximate surface area is 430 Å². The van der Waals surface area contributed by atoms with Crippen LogP contribution < -0.4 is 37.9 Å². The summed E-state index contributed by atoms with van der Waals surface area (Å²) in [5.41, 5.74) is 9.82. The molecule has 18 nitrogen and oxygen atoms in total. The highest BCUT2D eigenvalue weighted by Gasteiger charge is 2.31. The topological polar surface area (TPSA) is 196 Å². The van der Waals surface area contributed by atoms with Crippen molar-refractivity contribution in [1.29, 1.82) is 0 Å². The van der Waals surface area contributed by atoms with Crippen molar-refractivity contribution in [1.82, 2.24) is 19.6 Å². The molecule has 8 rings (SSSR count). The molecule has 0 saturated heterocycles. The van der Waals surface area contributed by atoms with Gasteiger partial charge in [0.05, 0.1) is 69.7 Å². The highest BCUT2D eigenvalue weighted by molar-refractivity contribution is 7.79. The second-order valence-electron chi connectivity index (χ2n) is 18.9. The van der Waals surface area contributed by atoms with Gasteiger partial charge in [-0.2, -0.15) is 8.42 Å². The molecule has 2 N–H and O–H groups in total. The van der Waals surface area contributed by atoms with Crippen LogP contribution in [0.25, 0.3) is 0 Å². The molecule has 73 heavy (non-hydrogen) atoms. The monoisotopic (exact) mass is 1030 g/mol. The second kappa shape index (κ2) is 25.8. The summed E-state index contributed by atoms with van der Waals surface area (Å²) >= 11 is 0.